The number of hydrogen-bond donors (Lipinski definition) is 0. The van der Waals surface area contributed by atoms with E-state index in [-0.39, 0.29) is 11.8 Å². The Morgan fingerprint density at radius 3 is 2.29 bits per heavy atom. The number of aryl methyl sites for hydroxylation is 1. The monoisotopic (exact) mass is 495 g/mol. The van der Waals surface area contributed by atoms with Crippen molar-refractivity contribution in [3.05, 3.63) is 59.4 Å². The van der Waals surface area contributed by atoms with Crippen LogP contribution in [0.15, 0.2) is 47.5 Å². The van der Waals surface area contributed by atoms with Gasteiger partial charge in [-0.1, -0.05) is 0 Å². The van der Waals surface area contributed by atoms with Crippen LogP contribution in [0.1, 0.15) is 53.2 Å². The van der Waals surface area contributed by atoms with Crippen LogP contribution < -0.4 is 4.90 Å². The minimum Gasteiger partial charge on any atom is -0.378 e. The van der Waals surface area contributed by atoms with Gasteiger partial charge in [-0.2, -0.15) is 9.40 Å². The summed E-state index contributed by atoms with van der Waals surface area (Å²) in [7, 11) is 0.347. The summed E-state index contributed by atoms with van der Waals surface area (Å²) in [5.74, 6) is 0.306. The second-order valence-electron chi connectivity index (χ2n) is 9.82. The number of amides is 1. The lowest BCUT2D eigenvalue weighted by Crippen LogP contribution is -2.37. The molecule has 8 nitrogen and oxygen atoms in total. The fourth-order valence-electron chi connectivity index (χ4n) is 5.27. The number of piperidine rings is 1. The maximum atomic E-state index is 13.2. The highest BCUT2D eigenvalue weighted by atomic mass is 32.2. The first kappa shape index (κ1) is 23.8. The summed E-state index contributed by atoms with van der Waals surface area (Å²) in [6, 6.07) is 11.2. The zero-order valence-electron chi connectivity index (χ0n) is 20.6. The van der Waals surface area contributed by atoms with Crippen molar-refractivity contribution in [1.29, 1.82) is 0 Å². The summed E-state index contributed by atoms with van der Waals surface area (Å²) >= 11 is 0. The summed E-state index contributed by atoms with van der Waals surface area (Å²) in [6.07, 6.45) is 5.52. The third-order valence-corrected chi connectivity index (χ3v) is 9.27. The molecule has 3 aromatic rings. The molecule has 35 heavy (non-hydrogen) atoms. The second kappa shape index (κ2) is 9.28. The molecule has 2 fully saturated rings. The van der Waals surface area contributed by atoms with Gasteiger partial charge in [-0.15, -0.1) is 0 Å². The fourth-order valence-corrected chi connectivity index (χ4v) is 6.74. The summed E-state index contributed by atoms with van der Waals surface area (Å²) < 4.78 is 29.8. The van der Waals surface area contributed by atoms with Crippen LogP contribution in [0.2, 0.25) is 0 Å². The first-order valence-electron chi connectivity index (χ1n) is 12.3. The predicted octanol–water partition coefficient (Wildman–Crippen LogP) is 3.51. The number of carbonyl (C=O) groups is 1. The van der Waals surface area contributed by atoms with Gasteiger partial charge in [-0.25, -0.2) is 12.9 Å². The van der Waals surface area contributed by atoms with Gasteiger partial charge in [0, 0.05) is 52.2 Å². The number of benzene rings is 1. The Kier molecular flexibility index (Phi) is 6.31. The van der Waals surface area contributed by atoms with E-state index in [1.165, 1.54) is 0 Å². The highest BCUT2D eigenvalue weighted by molar-refractivity contribution is 7.89. The number of fused-ring (bicyclic) bond motifs is 1. The van der Waals surface area contributed by atoms with Crippen LogP contribution in [0.4, 0.5) is 5.69 Å². The third-order valence-electron chi connectivity index (χ3n) is 7.36. The van der Waals surface area contributed by atoms with Crippen LogP contribution in [0.5, 0.6) is 0 Å². The van der Waals surface area contributed by atoms with E-state index in [0.717, 1.165) is 61.2 Å². The maximum Gasteiger partial charge on any atom is 0.257 e. The lowest BCUT2D eigenvalue weighted by atomic mass is 9.90. The fraction of sp³-hybridized carbons (Fsp3) is 0.462. The van der Waals surface area contributed by atoms with Crippen molar-refractivity contribution in [1.82, 2.24) is 18.8 Å². The first-order valence-corrected chi connectivity index (χ1v) is 13.8. The van der Waals surface area contributed by atoms with Gasteiger partial charge in [0.2, 0.25) is 10.0 Å². The molecule has 5 rings (SSSR count). The molecule has 0 saturated carbocycles. The summed E-state index contributed by atoms with van der Waals surface area (Å²) in [5, 5.41) is 4.57. The third kappa shape index (κ3) is 4.43. The number of anilines is 1. The van der Waals surface area contributed by atoms with Crippen molar-refractivity contribution in [3.8, 4) is 0 Å². The average Bonchev–Trinajstić information content (AvgIpc) is 3.51. The molecule has 1 aromatic carbocycles. The van der Waals surface area contributed by atoms with Crippen molar-refractivity contribution in [2.24, 2.45) is 0 Å². The van der Waals surface area contributed by atoms with E-state index in [1.54, 1.807) is 21.0 Å². The van der Waals surface area contributed by atoms with Gasteiger partial charge in [-0.05, 0) is 80.5 Å². The number of pyridine rings is 1. The Labute approximate surface area is 207 Å². The van der Waals surface area contributed by atoms with Gasteiger partial charge < -0.3 is 9.80 Å². The Hall–Kier alpha value is -2.91. The Morgan fingerprint density at radius 1 is 1.00 bits per heavy atom. The molecule has 2 aromatic heterocycles. The van der Waals surface area contributed by atoms with Crippen molar-refractivity contribution in [2.75, 3.05) is 45.2 Å². The molecular formula is C26H33N5O3S. The summed E-state index contributed by atoms with van der Waals surface area (Å²) in [4.78, 5) is 17.4. The van der Waals surface area contributed by atoms with Crippen LogP contribution in [-0.4, -0.2) is 73.4 Å². The number of sulfonamides is 1. The molecule has 0 aliphatic carbocycles. The molecular weight excluding hydrogens is 462 g/mol. The van der Waals surface area contributed by atoms with Crippen molar-refractivity contribution < 1.29 is 13.2 Å². The van der Waals surface area contributed by atoms with Crippen LogP contribution in [0.3, 0.4) is 0 Å². The van der Waals surface area contributed by atoms with Gasteiger partial charge in [0.25, 0.3) is 5.91 Å². The summed E-state index contributed by atoms with van der Waals surface area (Å²) in [6.45, 7) is 4.46. The van der Waals surface area contributed by atoms with Crippen molar-refractivity contribution in [3.63, 3.8) is 0 Å². The molecule has 0 radical (unpaired) electrons. The molecule has 0 bridgehead atoms. The topological polar surface area (TPSA) is 78.2 Å². The number of aromatic nitrogens is 2. The zero-order valence-corrected chi connectivity index (χ0v) is 21.5. The molecule has 0 N–H and O–H groups in total. The van der Waals surface area contributed by atoms with Crippen LogP contribution in [0, 0.1) is 6.92 Å². The normalized spacial score (nSPS) is 17.9. The summed E-state index contributed by atoms with van der Waals surface area (Å²) in [5.41, 5.74) is 4.39. The molecule has 9 heteroatoms. The first-order chi connectivity index (χ1) is 16.8. The molecule has 1 amide bonds. The lowest BCUT2D eigenvalue weighted by Gasteiger charge is -2.31. The number of nitrogens with zero attached hydrogens (tertiary/aromatic N) is 5. The van der Waals surface area contributed by atoms with Gasteiger partial charge in [0.05, 0.1) is 21.7 Å². The van der Waals surface area contributed by atoms with E-state index in [2.05, 4.69) is 17.2 Å². The predicted molar refractivity (Wildman–Crippen MR) is 137 cm³/mol. The van der Waals surface area contributed by atoms with Crippen LogP contribution >= 0.6 is 0 Å². The molecule has 186 valence electrons. The smallest absolute Gasteiger partial charge is 0.257 e. The lowest BCUT2D eigenvalue weighted by molar-refractivity contribution is 0.0794. The SMILES string of the molecule is Cc1nn2ccc(C3CCN(S(=O)(=O)c4ccc(N(C)C)cc4)CC3)cc2c1C(=O)N1CCCC1. The van der Waals surface area contributed by atoms with E-state index < -0.39 is 10.0 Å². The van der Waals surface area contributed by atoms with Gasteiger partial charge in [0.1, 0.15) is 0 Å². The Bertz CT molecular complexity index is 1330. The number of carbonyl (C=O) groups excluding carboxylic acids is 1. The van der Waals surface area contributed by atoms with Crippen LogP contribution in [-0.2, 0) is 10.0 Å². The largest absolute Gasteiger partial charge is 0.378 e. The van der Waals surface area contributed by atoms with Crippen molar-refractivity contribution >= 4 is 27.1 Å². The second-order valence-corrected chi connectivity index (χ2v) is 11.8. The van der Waals surface area contributed by atoms with E-state index in [4.69, 9.17) is 0 Å². The molecule has 0 spiro atoms. The molecule has 0 atom stereocenters. The highest BCUT2D eigenvalue weighted by Crippen LogP contribution is 2.32. The van der Waals surface area contributed by atoms with Gasteiger partial charge in [-0.3, -0.25) is 4.79 Å². The number of hydrogen-bond acceptors (Lipinski definition) is 5. The van der Waals surface area contributed by atoms with E-state index in [1.807, 2.05) is 49.1 Å². The maximum absolute atomic E-state index is 13.2. The molecule has 2 aliphatic heterocycles. The zero-order chi connectivity index (χ0) is 24.7. The average molecular weight is 496 g/mol. The van der Waals surface area contributed by atoms with Crippen LogP contribution in [0.25, 0.3) is 5.52 Å². The van der Waals surface area contributed by atoms with E-state index in [9.17, 15) is 13.2 Å². The minimum absolute atomic E-state index is 0.0633. The van der Waals surface area contributed by atoms with Gasteiger partial charge in [0.15, 0.2) is 0 Å². The molecule has 4 heterocycles. The highest BCUT2D eigenvalue weighted by Gasteiger charge is 2.31. The van der Waals surface area contributed by atoms with Gasteiger partial charge >= 0.3 is 0 Å². The van der Waals surface area contributed by atoms with E-state index >= 15 is 0 Å². The quantitative estimate of drug-likeness (QED) is 0.541. The standard InChI is InChI=1S/C26H33N5O3S/c1-19-25(26(32)29-13-4-5-14-29)24-18-21(12-17-31(24)27-19)20-10-15-30(16-11-20)35(33,34)23-8-6-22(7-9-23)28(2)3/h6-9,12,17-18,20H,4-5,10-11,13-16H2,1-3H3. The Balaban J connectivity index is 1.33. The Morgan fingerprint density at radius 2 is 1.66 bits per heavy atom. The number of rotatable bonds is 5. The van der Waals surface area contributed by atoms with Crippen molar-refractivity contribution in [2.45, 2.75) is 43.4 Å². The molecule has 2 aliphatic rings. The minimum atomic E-state index is -3.52. The molecule has 0 unspecified atom stereocenters. The molecule has 2 saturated heterocycles. The van der Waals surface area contributed by atoms with E-state index in [0.29, 0.717) is 23.5 Å². The number of likely N-dealkylation sites (tertiary alicyclic amines) is 1.